The first-order chi connectivity index (χ1) is 11.8. The summed E-state index contributed by atoms with van der Waals surface area (Å²) in [5.41, 5.74) is -0.167. The molecule has 3 N–H and O–H groups in total. The van der Waals surface area contributed by atoms with Crippen LogP contribution in [0, 0.1) is 11.3 Å². The van der Waals surface area contributed by atoms with Crippen LogP contribution in [0.4, 0.5) is 11.5 Å². The van der Waals surface area contributed by atoms with E-state index in [1.54, 1.807) is 18.2 Å². The van der Waals surface area contributed by atoms with Crippen LogP contribution >= 0.6 is 11.6 Å². The van der Waals surface area contributed by atoms with E-state index in [2.05, 4.69) is 15.6 Å². The highest BCUT2D eigenvalue weighted by Crippen LogP contribution is 2.16. The predicted octanol–water partition coefficient (Wildman–Crippen LogP) is 2.44. The minimum absolute atomic E-state index is 0.103. The largest absolute Gasteiger partial charge is 0.345 e. The van der Waals surface area contributed by atoms with Gasteiger partial charge in [-0.05, 0) is 30.3 Å². The molecule has 0 bridgehead atoms. The van der Waals surface area contributed by atoms with Gasteiger partial charge in [-0.3, -0.25) is 9.35 Å². The smallest absolute Gasteiger partial charge is 0.294 e. The maximum atomic E-state index is 12.1. The van der Waals surface area contributed by atoms with Gasteiger partial charge in [-0.2, -0.15) is 13.7 Å². The summed E-state index contributed by atoms with van der Waals surface area (Å²) in [5, 5.41) is 14.6. The number of carbonyl (C=O) groups is 1. The Balaban J connectivity index is 2.14. The van der Waals surface area contributed by atoms with Gasteiger partial charge in [0.1, 0.15) is 17.5 Å². The molecule has 0 atom stereocenters. The zero-order chi connectivity index (χ0) is 18.4. The fourth-order valence-electron chi connectivity index (χ4n) is 1.69. The van der Waals surface area contributed by atoms with E-state index < -0.39 is 16.0 Å². The highest BCUT2D eigenvalue weighted by molar-refractivity contribution is 7.85. The molecule has 1 heterocycles. The Morgan fingerprint density at radius 3 is 2.68 bits per heavy atom. The van der Waals surface area contributed by atoms with Crippen LogP contribution in [-0.4, -0.2) is 23.9 Å². The number of hydrogen-bond donors (Lipinski definition) is 3. The van der Waals surface area contributed by atoms with Crippen LogP contribution in [0.2, 0.25) is 5.02 Å². The molecule has 0 unspecified atom stereocenters. The second-order valence-electron chi connectivity index (χ2n) is 4.63. The number of amides is 1. The highest BCUT2D eigenvalue weighted by atomic mass is 35.5. The van der Waals surface area contributed by atoms with E-state index in [1.807, 2.05) is 0 Å². The zero-order valence-corrected chi connectivity index (χ0v) is 14.0. The molecule has 10 heteroatoms. The van der Waals surface area contributed by atoms with Crippen LogP contribution < -0.4 is 10.6 Å². The van der Waals surface area contributed by atoms with Gasteiger partial charge in [-0.25, -0.2) is 4.98 Å². The summed E-state index contributed by atoms with van der Waals surface area (Å²) in [7, 11) is -4.40. The molecule has 2 aromatic rings. The Labute approximate surface area is 148 Å². The van der Waals surface area contributed by atoms with Gasteiger partial charge >= 0.3 is 0 Å². The van der Waals surface area contributed by atoms with Crippen molar-refractivity contribution in [2.75, 3.05) is 10.6 Å². The Morgan fingerprint density at radius 2 is 2.08 bits per heavy atom. The fourth-order valence-corrected chi connectivity index (χ4v) is 2.33. The van der Waals surface area contributed by atoms with Crippen molar-refractivity contribution in [3.8, 4) is 6.07 Å². The van der Waals surface area contributed by atoms with Gasteiger partial charge in [-0.15, -0.1) is 0 Å². The van der Waals surface area contributed by atoms with Gasteiger partial charge in [0.2, 0.25) is 0 Å². The van der Waals surface area contributed by atoms with Crippen LogP contribution in [0.25, 0.3) is 0 Å². The van der Waals surface area contributed by atoms with Crippen molar-refractivity contribution in [1.29, 1.82) is 5.26 Å². The molecule has 0 aliphatic heterocycles. The summed E-state index contributed by atoms with van der Waals surface area (Å²) in [6, 6.07) is 9.83. The molecule has 2 rings (SSSR count). The number of rotatable bonds is 5. The Kier molecular flexibility index (Phi) is 5.71. The van der Waals surface area contributed by atoms with Crippen molar-refractivity contribution >= 4 is 39.1 Å². The molecule has 0 saturated carbocycles. The van der Waals surface area contributed by atoms with Crippen LogP contribution in [0.15, 0.2) is 59.3 Å². The number of nitriles is 1. The maximum absolute atomic E-state index is 12.1. The summed E-state index contributed by atoms with van der Waals surface area (Å²) < 4.78 is 31.2. The molecule has 0 aliphatic rings. The van der Waals surface area contributed by atoms with E-state index in [9.17, 15) is 13.2 Å². The monoisotopic (exact) mass is 378 g/mol. The fraction of sp³-hybridized carbons (Fsp3) is 0. The third-order valence-corrected chi connectivity index (χ3v) is 3.92. The lowest BCUT2D eigenvalue weighted by Gasteiger charge is -2.06. The van der Waals surface area contributed by atoms with Gasteiger partial charge in [-0.1, -0.05) is 17.7 Å². The molecule has 128 valence electrons. The van der Waals surface area contributed by atoms with E-state index in [-0.39, 0.29) is 16.2 Å². The van der Waals surface area contributed by atoms with Crippen molar-refractivity contribution in [2.24, 2.45) is 0 Å². The minimum atomic E-state index is -4.40. The molecule has 25 heavy (non-hydrogen) atoms. The molecule has 8 nitrogen and oxygen atoms in total. The summed E-state index contributed by atoms with van der Waals surface area (Å²) in [6.45, 7) is 0. The third-order valence-electron chi connectivity index (χ3n) is 2.85. The molecule has 1 aromatic heterocycles. The lowest BCUT2D eigenvalue weighted by Crippen LogP contribution is -2.15. The number of halogens is 1. The van der Waals surface area contributed by atoms with Crippen LogP contribution in [0.3, 0.4) is 0 Å². The topological polar surface area (TPSA) is 132 Å². The first-order valence-corrected chi connectivity index (χ1v) is 8.48. The number of benzene rings is 1. The number of aromatic nitrogens is 1. The molecule has 0 aliphatic carbocycles. The van der Waals surface area contributed by atoms with E-state index in [0.717, 1.165) is 12.3 Å². The third kappa shape index (κ3) is 5.29. The average molecular weight is 379 g/mol. The summed E-state index contributed by atoms with van der Waals surface area (Å²) in [4.78, 5) is 15.6. The number of hydrogen-bond acceptors (Lipinski definition) is 6. The first kappa shape index (κ1) is 18.4. The van der Waals surface area contributed by atoms with Crippen molar-refractivity contribution in [1.82, 2.24) is 4.98 Å². The highest BCUT2D eigenvalue weighted by Gasteiger charge is 2.13. The SMILES string of the molecule is N#C/C(=C/Nc1ccc(Cl)cn1)C(=O)Nc1cccc(S(=O)(=O)O)c1. The average Bonchev–Trinajstić information content (AvgIpc) is 2.56. The van der Waals surface area contributed by atoms with Gasteiger partial charge in [0.25, 0.3) is 16.0 Å². The second kappa shape index (κ2) is 7.76. The van der Waals surface area contributed by atoms with Crippen LogP contribution in [-0.2, 0) is 14.9 Å². The van der Waals surface area contributed by atoms with Crippen molar-refractivity contribution in [3.05, 3.63) is 59.4 Å². The van der Waals surface area contributed by atoms with Crippen LogP contribution in [0.5, 0.6) is 0 Å². The number of nitrogens with one attached hydrogen (secondary N) is 2. The van der Waals surface area contributed by atoms with Gasteiger partial charge in [0, 0.05) is 18.1 Å². The van der Waals surface area contributed by atoms with Gasteiger partial charge in [0.15, 0.2) is 0 Å². The van der Waals surface area contributed by atoms with Crippen molar-refractivity contribution < 1.29 is 17.8 Å². The van der Waals surface area contributed by atoms with Crippen molar-refractivity contribution in [3.63, 3.8) is 0 Å². The van der Waals surface area contributed by atoms with Gasteiger partial charge < -0.3 is 10.6 Å². The van der Waals surface area contributed by atoms with Crippen LogP contribution in [0.1, 0.15) is 0 Å². The molecule has 1 amide bonds. The molecular weight excluding hydrogens is 368 g/mol. The van der Waals surface area contributed by atoms with E-state index in [0.29, 0.717) is 10.8 Å². The second-order valence-corrected chi connectivity index (χ2v) is 6.49. The van der Waals surface area contributed by atoms with E-state index in [1.165, 1.54) is 24.4 Å². The maximum Gasteiger partial charge on any atom is 0.294 e. The normalized spacial score (nSPS) is 11.5. The molecule has 0 spiro atoms. The summed E-state index contributed by atoms with van der Waals surface area (Å²) >= 11 is 5.70. The lowest BCUT2D eigenvalue weighted by molar-refractivity contribution is -0.112. The summed E-state index contributed by atoms with van der Waals surface area (Å²) in [5.74, 6) is -0.394. The molecular formula is C15H11ClN4O4S. The quantitative estimate of drug-likeness (QED) is 0.413. The molecule has 1 aromatic carbocycles. The van der Waals surface area contributed by atoms with Crippen molar-refractivity contribution in [2.45, 2.75) is 4.90 Å². The molecule has 0 radical (unpaired) electrons. The minimum Gasteiger partial charge on any atom is -0.345 e. The summed E-state index contributed by atoms with van der Waals surface area (Å²) in [6.07, 6.45) is 2.54. The zero-order valence-electron chi connectivity index (χ0n) is 12.5. The number of carbonyl (C=O) groups excluding carboxylic acids is 1. The lowest BCUT2D eigenvalue weighted by atomic mass is 10.2. The van der Waals surface area contributed by atoms with Gasteiger partial charge in [0.05, 0.1) is 9.92 Å². The predicted molar refractivity (Wildman–Crippen MR) is 91.5 cm³/mol. The Bertz CT molecular complexity index is 966. The first-order valence-electron chi connectivity index (χ1n) is 6.67. The Morgan fingerprint density at radius 1 is 1.32 bits per heavy atom. The number of nitrogens with zero attached hydrogens (tertiary/aromatic N) is 2. The van der Waals surface area contributed by atoms with E-state index >= 15 is 0 Å². The number of pyridine rings is 1. The standard InChI is InChI=1S/C15H11ClN4O4S/c16-11-4-5-14(19-9-11)18-8-10(7-17)15(21)20-12-2-1-3-13(6-12)25(22,23)24/h1-6,8-9H,(H,18,19)(H,20,21)(H,22,23,24)/b10-8-. The molecule has 0 fully saturated rings. The molecule has 0 saturated heterocycles. The number of anilines is 2. The Hall–Kier alpha value is -2.93. The van der Waals surface area contributed by atoms with E-state index in [4.69, 9.17) is 21.4 Å².